The van der Waals surface area contributed by atoms with Crippen LogP contribution in [0, 0.1) is 12.7 Å². The van der Waals surface area contributed by atoms with Crippen molar-refractivity contribution in [3.05, 3.63) is 83.1 Å². The van der Waals surface area contributed by atoms with Crippen LogP contribution in [0.3, 0.4) is 0 Å². The number of piperidine rings is 1. The number of carbonyl (C=O) groups excluding carboxylic acids is 2. The van der Waals surface area contributed by atoms with Gasteiger partial charge in [0.25, 0.3) is 5.91 Å². The number of likely N-dealkylation sites (tertiary alicyclic amines) is 1. The molecule has 3 aromatic rings. The molecule has 1 fully saturated rings. The third kappa shape index (κ3) is 8.57. The Hall–Kier alpha value is -3.85. The van der Waals surface area contributed by atoms with Crippen LogP contribution in [-0.4, -0.2) is 80.0 Å². The third-order valence-corrected chi connectivity index (χ3v) is 7.45. The Labute approximate surface area is 241 Å². The maximum Gasteiger partial charge on any atom is 0.254 e. The molecule has 0 unspecified atom stereocenters. The number of nitrogens with zero attached hydrogens (tertiary/aromatic N) is 3. The number of aryl methyl sites for hydroxylation is 1. The van der Waals surface area contributed by atoms with Crippen LogP contribution in [0.1, 0.15) is 46.7 Å². The minimum absolute atomic E-state index is 0.0876. The molecule has 0 spiro atoms. The number of furan rings is 1. The summed E-state index contributed by atoms with van der Waals surface area (Å²) in [5.74, 6) is 1.82. The molecular weight excluding hydrogens is 525 g/mol. The van der Waals surface area contributed by atoms with Crippen LogP contribution < -0.4 is 9.47 Å². The molecule has 0 aliphatic carbocycles. The zero-order valence-corrected chi connectivity index (χ0v) is 24.2. The summed E-state index contributed by atoms with van der Waals surface area (Å²) in [6, 6.07) is 14.9. The molecule has 2 amide bonds. The first-order valence-electron chi connectivity index (χ1n) is 14.2. The lowest BCUT2D eigenvalue weighted by atomic mass is 10.1. The molecular formula is C32H40FN3O5. The second-order valence-corrected chi connectivity index (χ2v) is 10.4. The van der Waals surface area contributed by atoms with E-state index in [2.05, 4.69) is 4.90 Å². The van der Waals surface area contributed by atoms with Crippen molar-refractivity contribution < 1.29 is 27.9 Å². The Morgan fingerprint density at radius 1 is 0.902 bits per heavy atom. The van der Waals surface area contributed by atoms with E-state index >= 15 is 0 Å². The molecule has 0 radical (unpaired) electrons. The van der Waals surface area contributed by atoms with Gasteiger partial charge in [0.2, 0.25) is 5.91 Å². The molecule has 41 heavy (non-hydrogen) atoms. The molecule has 1 aliphatic rings. The lowest BCUT2D eigenvalue weighted by molar-refractivity contribution is -0.132. The van der Waals surface area contributed by atoms with Crippen molar-refractivity contribution in [1.82, 2.24) is 14.7 Å². The van der Waals surface area contributed by atoms with Gasteiger partial charge >= 0.3 is 0 Å². The molecule has 0 N–H and O–H groups in total. The molecule has 1 saturated heterocycles. The maximum atomic E-state index is 13.8. The Kier molecular flexibility index (Phi) is 10.8. The van der Waals surface area contributed by atoms with E-state index in [1.54, 1.807) is 24.0 Å². The van der Waals surface area contributed by atoms with Crippen LogP contribution in [0.2, 0.25) is 0 Å². The van der Waals surface area contributed by atoms with E-state index in [0.29, 0.717) is 48.9 Å². The Bertz CT molecular complexity index is 1290. The summed E-state index contributed by atoms with van der Waals surface area (Å²) in [4.78, 5) is 33.0. The van der Waals surface area contributed by atoms with E-state index in [4.69, 9.17) is 13.9 Å². The first-order chi connectivity index (χ1) is 19.9. The number of benzene rings is 2. The van der Waals surface area contributed by atoms with Gasteiger partial charge in [0.1, 0.15) is 23.9 Å². The summed E-state index contributed by atoms with van der Waals surface area (Å²) in [7, 11) is 3.18. The number of hydrogen-bond donors (Lipinski definition) is 0. The van der Waals surface area contributed by atoms with Crippen LogP contribution in [0.15, 0.2) is 59.0 Å². The van der Waals surface area contributed by atoms with Crippen molar-refractivity contribution in [2.24, 2.45) is 0 Å². The fraction of sp³-hybridized carbons (Fsp3) is 0.438. The second-order valence-electron chi connectivity index (χ2n) is 10.4. The predicted octanol–water partition coefficient (Wildman–Crippen LogP) is 4.94. The van der Waals surface area contributed by atoms with E-state index in [1.807, 2.05) is 37.3 Å². The van der Waals surface area contributed by atoms with Gasteiger partial charge in [0.05, 0.1) is 20.8 Å². The molecule has 2 aromatic carbocycles. The molecule has 2 heterocycles. The molecule has 0 bridgehead atoms. The van der Waals surface area contributed by atoms with Crippen molar-refractivity contribution >= 4 is 11.8 Å². The lowest BCUT2D eigenvalue weighted by Crippen LogP contribution is -2.46. The van der Waals surface area contributed by atoms with Crippen LogP contribution in [-0.2, 0) is 17.8 Å². The molecule has 220 valence electrons. The van der Waals surface area contributed by atoms with Gasteiger partial charge in [-0.25, -0.2) is 4.39 Å². The van der Waals surface area contributed by atoms with Crippen molar-refractivity contribution in [1.29, 1.82) is 0 Å². The molecule has 0 atom stereocenters. The average molecular weight is 566 g/mol. The third-order valence-electron chi connectivity index (χ3n) is 7.45. The van der Waals surface area contributed by atoms with Gasteiger partial charge in [0.15, 0.2) is 11.5 Å². The first kappa shape index (κ1) is 30.1. The minimum Gasteiger partial charge on any atom is -0.493 e. The van der Waals surface area contributed by atoms with Gasteiger partial charge in [-0.3, -0.25) is 9.59 Å². The van der Waals surface area contributed by atoms with E-state index in [0.717, 1.165) is 37.3 Å². The molecule has 4 rings (SSSR count). The van der Waals surface area contributed by atoms with Crippen molar-refractivity contribution in [2.75, 3.05) is 53.5 Å². The lowest BCUT2D eigenvalue weighted by Gasteiger charge is -2.31. The van der Waals surface area contributed by atoms with E-state index in [-0.39, 0.29) is 24.9 Å². The molecule has 1 aliphatic heterocycles. The fourth-order valence-electron chi connectivity index (χ4n) is 5.09. The number of carbonyl (C=O) groups is 2. The van der Waals surface area contributed by atoms with E-state index in [1.165, 1.54) is 30.7 Å². The summed E-state index contributed by atoms with van der Waals surface area (Å²) >= 11 is 0. The highest BCUT2D eigenvalue weighted by atomic mass is 19.1. The Morgan fingerprint density at radius 2 is 1.63 bits per heavy atom. The monoisotopic (exact) mass is 565 g/mol. The Balaban J connectivity index is 1.51. The van der Waals surface area contributed by atoms with Gasteiger partial charge < -0.3 is 28.6 Å². The van der Waals surface area contributed by atoms with E-state index < -0.39 is 5.82 Å². The SMILES string of the molecule is COc1ccc(CCN(Cc2ccc(C)o2)C(=O)CN(CCN2CCCCC2)C(=O)c2ccc(F)cc2)cc1OC. The number of ether oxygens (including phenoxy) is 2. The van der Waals surface area contributed by atoms with Crippen molar-refractivity contribution in [3.8, 4) is 11.5 Å². The van der Waals surface area contributed by atoms with Gasteiger partial charge in [-0.05, 0) is 93.4 Å². The van der Waals surface area contributed by atoms with Gasteiger partial charge in [0, 0.05) is 25.2 Å². The van der Waals surface area contributed by atoms with Gasteiger partial charge in [-0.1, -0.05) is 12.5 Å². The van der Waals surface area contributed by atoms with Crippen LogP contribution in [0.5, 0.6) is 11.5 Å². The summed E-state index contributed by atoms with van der Waals surface area (Å²) in [5, 5.41) is 0. The van der Waals surface area contributed by atoms with Gasteiger partial charge in [-0.15, -0.1) is 0 Å². The summed E-state index contributed by atoms with van der Waals surface area (Å²) in [6.07, 6.45) is 4.06. The average Bonchev–Trinajstić information content (AvgIpc) is 3.41. The summed E-state index contributed by atoms with van der Waals surface area (Å²) in [6.45, 7) is 5.54. The maximum absolute atomic E-state index is 13.8. The highest BCUT2D eigenvalue weighted by molar-refractivity contribution is 5.96. The summed E-state index contributed by atoms with van der Waals surface area (Å²) < 4.78 is 30.1. The highest BCUT2D eigenvalue weighted by Gasteiger charge is 2.24. The Morgan fingerprint density at radius 3 is 2.29 bits per heavy atom. The minimum atomic E-state index is -0.410. The van der Waals surface area contributed by atoms with Gasteiger partial charge in [-0.2, -0.15) is 0 Å². The number of rotatable bonds is 13. The number of methoxy groups -OCH3 is 2. The normalized spacial score (nSPS) is 13.6. The van der Waals surface area contributed by atoms with Crippen molar-refractivity contribution in [2.45, 2.75) is 39.2 Å². The molecule has 0 saturated carbocycles. The topological polar surface area (TPSA) is 75.5 Å². The zero-order valence-electron chi connectivity index (χ0n) is 24.2. The van der Waals surface area contributed by atoms with Crippen molar-refractivity contribution in [3.63, 3.8) is 0 Å². The smallest absolute Gasteiger partial charge is 0.254 e. The molecule has 8 nitrogen and oxygen atoms in total. The molecule has 9 heteroatoms. The fourth-order valence-corrected chi connectivity index (χ4v) is 5.09. The second kappa shape index (κ2) is 14.7. The van der Waals surface area contributed by atoms with Crippen LogP contribution >= 0.6 is 0 Å². The highest BCUT2D eigenvalue weighted by Crippen LogP contribution is 2.28. The zero-order chi connectivity index (χ0) is 29.2. The quantitative estimate of drug-likeness (QED) is 0.292. The van der Waals surface area contributed by atoms with Crippen LogP contribution in [0.4, 0.5) is 4.39 Å². The molecule has 1 aromatic heterocycles. The number of halogens is 1. The number of amides is 2. The van der Waals surface area contributed by atoms with Crippen LogP contribution in [0.25, 0.3) is 0 Å². The summed E-state index contributed by atoms with van der Waals surface area (Å²) in [5.41, 5.74) is 1.34. The largest absolute Gasteiger partial charge is 0.493 e. The standard InChI is InChI=1S/C32H40FN3O5/c1-24-7-13-28(41-24)22-35(18-15-25-8-14-29(39-2)30(21-25)40-3)31(37)23-36(20-19-34-16-5-4-6-17-34)32(38)26-9-11-27(33)12-10-26/h7-14,21H,4-6,15-20,22-23H2,1-3H3. The van der Waals surface area contributed by atoms with E-state index in [9.17, 15) is 14.0 Å². The first-order valence-corrected chi connectivity index (χ1v) is 14.2. The number of hydrogen-bond acceptors (Lipinski definition) is 6. The predicted molar refractivity (Wildman–Crippen MR) is 155 cm³/mol.